The van der Waals surface area contributed by atoms with Crippen molar-refractivity contribution < 1.29 is 9.53 Å². The highest BCUT2D eigenvalue weighted by Gasteiger charge is 2.14. The number of rotatable bonds is 6. The van der Waals surface area contributed by atoms with E-state index < -0.39 is 6.04 Å². The maximum absolute atomic E-state index is 11.9. The monoisotopic (exact) mass is 274 g/mol. The van der Waals surface area contributed by atoms with Crippen molar-refractivity contribution in [1.29, 1.82) is 0 Å². The number of anilines is 1. The summed E-state index contributed by atoms with van der Waals surface area (Å²) in [6.45, 7) is 0.774. The van der Waals surface area contributed by atoms with Crippen LogP contribution in [0.5, 0.6) is 0 Å². The van der Waals surface area contributed by atoms with Gasteiger partial charge in [-0.05, 0) is 17.7 Å². The van der Waals surface area contributed by atoms with E-state index in [4.69, 9.17) is 10.5 Å². The predicted octanol–water partition coefficient (Wildman–Crippen LogP) is 0.844. The number of benzene rings is 1. The van der Waals surface area contributed by atoms with E-state index in [0.717, 1.165) is 11.3 Å². The van der Waals surface area contributed by atoms with Crippen LogP contribution in [-0.4, -0.2) is 35.4 Å². The summed E-state index contributed by atoms with van der Waals surface area (Å²) in [5, 5.41) is 6.98. The lowest BCUT2D eigenvalue weighted by molar-refractivity contribution is -0.118. The van der Waals surface area contributed by atoms with Gasteiger partial charge in [-0.2, -0.15) is 5.10 Å². The van der Waals surface area contributed by atoms with Gasteiger partial charge < -0.3 is 15.8 Å². The molecule has 1 heterocycles. The number of nitrogens with zero attached hydrogens (tertiary/aromatic N) is 2. The van der Waals surface area contributed by atoms with Crippen molar-refractivity contribution in [2.45, 2.75) is 12.6 Å². The lowest BCUT2D eigenvalue weighted by Crippen LogP contribution is -2.39. The van der Waals surface area contributed by atoms with Gasteiger partial charge >= 0.3 is 0 Å². The Morgan fingerprint density at radius 1 is 1.45 bits per heavy atom. The molecule has 0 aliphatic heterocycles. The van der Waals surface area contributed by atoms with Crippen LogP contribution in [0.4, 0.5) is 5.69 Å². The zero-order valence-electron chi connectivity index (χ0n) is 11.3. The van der Waals surface area contributed by atoms with Crippen LogP contribution in [0, 0.1) is 0 Å². The van der Waals surface area contributed by atoms with Gasteiger partial charge in [0, 0.05) is 25.2 Å². The Balaban J connectivity index is 2.09. The van der Waals surface area contributed by atoms with Crippen LogP contribution in [0.25, 0.3) is 0 Å². The molecule has 0 radical (unpaired) electrons. The summed E-state index contributed by atoms with van der Waals surface area (Å²) in [7, 11) is 1.51. The van der Waals surface area contributed by atoms with Gasteiger partial charge in [-0.15, -0.1) is 0 Å². The number of carbonyl (C=O) groups is 1. The minimum absolute atomic E-state index is 0.188. The smallest absolute Gasteiger partial charge is 0.243 e. The van der Waals surface area contributed by atoms with Crippen LogP contribution in [0.3, 0.4) is 0 Å². The third-order valence-electron chi connectivity index (χ3n) is 2.85. The molecule has 1 unspecified atom stereocenters. The third-order valence-corrected chi connectivity index (χ3v) is 2.85. The van der Waals surface area contributed by atoms with E-state index in [1.54, 1.807) is 10.9 Å². The molecule has 0 saturated heterocycles. The summed E-state index contributed by atoms with van der Waals surface area (Å²) in [4.78, 5) is 11.9. The van der Waals surface area contributed by atoms with Crippen molar-refractivity contribution in [1.82, 2.24) is 9.78 Å². The number of nitrogens with two attached hydrogens (primary N) is 1. The summed E-state index contributed by atoms with van der Waals surface area (Å²) in [5.41, 5.74) is 7.41. The molecule has 0 fully saturated rings. The normalized spacial score (nSPS) is 12.1. The number of carbonyl (C=O) groups excluding carboxylic acids is 1. The zero-order valence-corrected chi connectivity index (χ0v) is 11.3. The van der Waals surface area contributed by atoms with E-state index in [2.05, 4.69) is 10.4 Å². The minimum atomic E-state index is -0.683. The molecule has 0 aliphatic rings. The molecule has 1 aromatic heterocycles. The van der Waals surface area contributed by atoms with Gasteiger partial charge in [0.1, 0.15) is 6.04 Å². The van der Waals surface area contributed by atoms with Gasteiger partial charge in [0.25, 0.3) is 0 Å². The first-order valence-corrected chi connectivity index (χ1v) is 6.31. The molecule has 6 heteroatoms. The van der Waals surface area contributed by atoms with E-state index in [0.29, 0.717) is 6.54 Å². The Labute approximate surface area is 117 Å². The molecular weight excluding hydrogens is 256 g/mol. The molecule has 2 rings (SSSR count). The first kappa shape index (κ1) is 14.2. The van der Waals surface area contributed by atoms with Crippen LogP contribution in [0.15, 0.2) is 42.7 Å². The van der Waals surface area contributed by atoms with Crippen LogP contribution in [0.2, 0.25) is 0 Å². The highest BCUT2D eigenvalue weighted by Crippen LogP contribution is 2.16. The van der Waals surface area contributed by atoms with E-state index in [1.807, 2.05) is 36.5 Å². The molecular formula is C14H18N4O2. The fourth-order valence-corrected chi connectivity index (χ4v) is 1.83. The highest BCUT2D eigenvalue weighted by molar-refractivity contribution is 5.95. The number of methoxy groups -OCH3 is 1. The Morgan fingerprint density at radius 2 is 2.25 bits per heavy atom. The van der Waals surface area contributed by atoms with Crippen LogP contribution < -0.4 is 11.1 Å². The van der Waals surface area contributed by atoms with Crippen molar-refractivity contribution in [3.63, 3.8) is 0 Å². The standard InChI is InChI=1S/C14H18N4O2/c1-20-10-12(15)14(19)17-13-6-3-2-5-11(13)9-18-8-4-7-16-18/h2-8,12H,9-10,15H2,1H3,(H,17,19). The van der Waals surface area contributed by atoms with Crippen molar-refractivity contribution in [3.05, 3.63) is 48.3 Å². The third kappa shape index (κ3) is 3.66. The molecule has 0 bridgehead atoms. The van der Waals surface area contributed by atoms with Gasteiger partial charge in [-0.3, -0.25) is 9.48 Å². The van der Waals surface area contributed by atoms with E-state index in [1.165, 1.54) is 7.11 Å². The minimum Gasteiger partial charge on any atom is -0.383 e. The average Bonchev–Trinajstić information content (AvgIpc) is 2.94. The van der Waals surface area contributed by atoms with Crippen molar-refractivity contribution in [2.24, 2.45) is 5.73 Å². The van der Waals surface area contributed by atoms with Gasteiger partial charge in [-0.25, -0.2) is 0 Å². The van der Waals surface area contributed by atoms with Crippen LogP contribution >= 0.6 is 0 Å². The predicted molar refractivity (Wildman–Crippen MR) is 76.3 cm³/mol. The lowest BCUT2D eigenvalue weighted by Gasteiger charge is -2.14. The van der Waals surface area contributed by atoms with Crippen molar-refractivity contribution in [3.8, 4) is 0 Å². The molecule has 2 aromatic rings. The van der Waals surface area contributed by atoms with E-state index in [9.17, 15) is 4.79 Å². The maximum Gasteiger partial charge on any atom is 0.243 e. The Hall–Kier alpha value is -2.18. The number of ether oxygens (including phenoxy) is 1. The second-order valence-electron chi connectivity index (χ2n) is 4.41. The van der Waals surface area contributed by atoms with Crippen molar-refractivity contribution in [2.75, 3.05) is 19.0 Å². The first-order valence-electron chi connectivity index (χ1n) is 6.31. The van der Waals surface area contributed by atoms with E-state index >= 15 is 0 Å². The first-order chi connectivity index (χ1) is 9.70. The average molecular weight is 274 g/mol. The molecule has 0 spiro atoms. The van der Waals surface area contributed by atoms with Gasteiger partial charge in [-0.1, -0.05) is 18.2 Å². The summed E-state index contributed by atoms with van der Waals surface area (Å²) in [5.74, 6) is -0.264. The molecule has 1 aromatic carbocycles. The van der Waals surface area contributed by atoms with Crippen molar-refractivity contribution >= 4 is 11.6 Å². The highest BCUT2D eigenvalue weighted by atomic mass is 16.5. The summed E-state index contributed by atoms with van der Waals surface area (Å²) < 4.78 is 6.67. The molecule has 0 saturated carbocycles. The largest absolute Gasteiger partial charge is 0.383 e. The fourth-order valence-electron chi connectivity index (χ4n) is 1.83. The van der Waals surface area contributed by atoms with Crippen LogP contribution in [-0.2, 0) is 16.1 Å². The summed E-state index contributed by atoms with van der Waals surface area (Å²) in [6, 6.07) is 8.75. The molecule has 6 nitrogen and oxygen atoms in total. The zero-order chi connectivity index (χ0) is 14.4. The number of amides is 1. The second-order valence-corrected chi connectivity index (χ2v) is 4.41. The Bertz CT molecular complexity index is 554. The van der Waals surface area contributed by atoms with Crippen LogP contribution in [0.1, 0.15) is 5.56 Å². The van der Waals surface area contributed by atoms with Gasteiger partial charge in [0.2, 0.25) is 5.91 Å². The quantitative estimate of drug-likeness (QED) is 0.818. The summed E-state index contributed by atoms with van der Waals surface area (Å²) >= 11 is 0. The SMILES string of the molecule is COCC(N)C(=O)Nc1ccccc1Cn1cccn1. The maximum atomic E-state index is 11.9. The number of nitrogens with one attached hydrogen (secondary N) is 1. The molecule has 3 N–H and O–H groups in total. The van der Waals surface area contributed by atoms with Gasteiger partial charge in [0.15, 0.2) is 0 Å². The second kappa shape index (κ2) is 6.83. The Kier molecular flexibility index (Phi) is 4.86. The number of hydrogen-bond donors (Lipinski definition) is 2. The molecule has 1 atom stereocenters. The van der Waals surface area contributed by atoms with Gasteiger partial charge in [0.05, 0.1) is 13.2 Å². The number of para-hydroxylation sites is 1. The summed E-state index contributed by atoms with van der Waals surface area (Å²) in [6.07, 6.45) is 3.59. The Morgan fingerprint density at radius 3 is 2.95 bits per heavy atom. The molecule has 106 valence electrons. The fraction of sp³-hybridized carbons (Fsp3) is 0.286. The molecule has 20 heavy (non-hydrogen) atoms. The lowest BCUT2D eigenvalue weighted by atomic mass is 10.1. The number of aromatic nitrogens is 2. The molecule has 1 amide bonds. The van der Waals surface area contributed by atoms with E-state index in [-0.39, 0.29) is 12.5 Å². The molecule has 0 aliphatic carbocycles. The topological polar surface area (TPSA) is 82.2 Å². The number of hydrogen-bond acceptors (Lipinski definition) is 4.